The number of halogens is 1. The molecule has 1 aromatic carbocycles. The highest BCUT2D eigenvalue weighted by atomic mass is 19.1. The zero-order valence-electron chi connectivity index (χ0n) is 10.9. The van der Waals surface area contributed by atoms with Gasteiger partial charge in [-0.1, -0.05) is 24.6 Å². The summed E-state index contributed by atoms with van der Waals surface area (Å²) in [4.78, 5) is 0. The van der Waals surface area contributed by atoms with E-state index in [1.807, 2.05) is 0 Å². The van der Waals surface area contributed by atoms with Crippen molar-refractivity contribution in [3.05, 3.63) is 34.9 Å². The molecule has 0 saturated carbocycles. The van der Waals surface area contributed by atoms with Crippen LogP contribution in [0.15, 0.2) is 18.2 Å². The minimum absolute atomic E-state index is 0.0759. The van der Waals surface area contributed by atoms with Gasteiger partial charge in [-0.3, -0.25) is 0 Å². The Labute approximate surface area is 109 Å². The molecule has 0 aromatic heterocycles. The molecule has 0 bridgehead atoms. The van der Waals surface area contributed by atoms with Crippen LogP contribution in [-0.4, -0.2) is 18.8 Å². The Morgan fingerprint density at radius 3 is 2.89 bits per heavy atom. The first-order valence-electron chi connectivity index (χ1n) is 7.31. The van der Waals surface area contributed by atoms with Gasteiger partial charge in [-0.2, -0.15) is 0 Å². The third-order valence-electron chi connectivity index (χ3n) is 4.38. The number of fused-ring (bicyclic) bond motifs is 1. The largest absolute Gasteiger partial charge is 0.311 e. The predicted molar refractivity (Wildman–Crippen MR) is 72.7 cm³/mol. The molecule has 0 amide bonds. The second-order valence-corrected chi connectivity index (χ2v) is 5.73. The number of benzene rings is 1. The molecule has 2 atom stereocenters. The second-order valence-electron chi connectivity index (χ2n) is 5.73. The number of piperidine rings is 1. The smallest absolute Gasteiger partial charge is 0.119 e. The molecule has 1 aliphatic carbocycles. The third kappa shape index (κ3) is 2.59. The molecule has 1 fully saturated rings. The Balaban J connectivity index is 1.64. The lowest BCUT2D eigenvalue weighted by atomic mass is 9.95. The third-order valence-corrected chi connectivity index (χ3v) is 4.38. The number of alkyl halides is 1. The van der Waals surface area contributed by atoms with E-state index in [0.717, 1.165) is 13.0 Å². The summed E-state index contributed by atoms with van der Waals surface area (Å²) < 4.78 is 14.3. The van der Waals surface area contributed by atoms with Gasteiger partial charge in [0.05, 0.1) is 0 Å². The molecule has 0 spiro atoms. The monoisotopic (exact) mass is 247 g/mol. The van der Waals surface area contributed by atoms with Gasteiger partial charge in [-0.05, 0) is 55.3 Å². The van der Waals surface area contributed by atoms with E-state index in [9.17, 15) is 4.39 Å². The molecule has 2 unspecified atom stereocenters. The van der Waals surface area contributed by atoms with Gasteiger partial charge in [-0.15, -0.1) is 0 Å². The van der Waals surface area contributed by atoms with Gasteiger partial charge in [0.2, 0.25) is 0 Å². The van der Waals surface area contributed by atoms with Gasteiger partial charge in [0, 0.05) is 12.5 Å². The van der Waals surface area contributed by atoms with E-state index >= 15 is 0 Å². The first-order valence-corrected chi connectivity index (χ1v) is 7.31. The number of hydrogen-bond donors (Lipinski definition) is 1. The van der Waals surface area contributed by atoms with Crippen molar-refractivity contribution in [1.82, 2.24) is 5.32 Å². The van der Waals surface area contributed by atoms with E-state index in [2.05, 4.69) is 23.5 Å². The van der Waals surface area contributed by atoms with Crippen LogP contribution in [0, 0.1) is 0 Å². The molecule has 1 aromatic rings. The Morgan fingerprint density at radius 1 is 1.17 bits per heavy atom. The van der Waals surface area contributed by atoms with Crippen molar-refractivity contribution < 1.29 is 4.39 Å². The summed E-state index contributed by atoms with van der Waals surface area (Å²) >= 11 is 0. The van der Waals surface area contributed by atoms with E-state index in [1.165, 1.54) is 48.8 Å². The number of hydrogen-bond acceptors (Lipinski definition) is 1. The maximum Gasteiger partial charge on any atom is 0.119 e. The topological polar surface area (TPSA) is 12.0 Å². The zero-order valence-corrected chi connectivity index (χ0v) is 10.9. The van der Waals surface area contributed by atoms with E-state index in [0.29, 0.717) is 6.42 Å². The summed E-state index contributed by atoms with van der Waals surface area (Å²) in [6, 6.07) is 6.64. The van der Waals surface area contributed by atoms with E-state index in [-0.39, 0.29) is 6.04 Å². The standard InChI is InChI=1S/C16H22FN/c17-15(16-6-1-2-9-18-16)11-12-7-8-13-4-3-5-14(13)10-12/h7-8,10,15-16,18H,1-6,9,11H2. The fourth-order valence-corrected chi connectivity index (χ4v) is 3.31. The van der Waals surface area contributed by atoms with E-state index in [4.69, 9.17) is 0 Å². The minimum atomic E-state index is -0.732. The molecule has 1 heterocycles. The van der Waals surface area contributed by atoms with Crippen molar-refractivity contribution in [2.45, 2.75) is 57.2 Å². The highest BCUT2D eigenvalue weighted by molar-refractivity contribution is 5.35. The highest BCUT2D eigenvalue weighted by Crippen LogP contribution is 2.24. The number of nitrogens with one attached hydrogen (secondary N) is 1. The SMILES string of the molecule is FC(Cc1ccc2c(c1)CCC2)C1CCCCN1. The first-order chi connectivity index (χ1) is 8.83. The van der Waals surface area contributed by atoms with Gasteiger partial charge >= 0.3 is 0 Å². The lowest BCUT2D eigenvalue weighted by Gasteiger charge is -2.26. The van der Waals surface area contributed by atoms with Crippen LogP contribution in [0.4, 0.5) is 4.39 Å². The molecule has 98 valence electrons. The summed E-state index contributed by atoms with van der Waals surface area (Å²) in [6.45, 7) is 0.981. The molecule has 18 heavy (non-hydrogen) atoms. The summed E-state index contributed by atoms with van der Waals surface area (Å²) in [5, 5.41) is 3.32. The van der Waals surface area contributed by atoms with Crippen LogP contribution in [0.5, 0.6) is 0 Å². The molecule has 1 nitrogen and oxygen atoms in total. The molecule has 1 N–H and O–H groups in total. The summed E-state index contributed by atoms with van der Waals surface area (Å²) in [7, 11) is 0. The van der Waals surface area contributed by atoms with Crippen molar-refractivity contribution in [2.75, 3.05) is 6.54 Å². The van der Waals surface area contributed by atoms with Crippen LogP contribution >= 0.6 is 0 Å². The molecule has 2 aliphatic rings. The van der Waals surface area contributed by atoms with Gasteiger partial charge in [0.15, 0.2) is 0 Å². The van der Waals surface area contributed by atoms with Crippen molar-refractivity contribution in [3.63, 3.8) is 0 Å². The summed E-state index contributed by atoms with van der Waals surface area (Å²) in [5.74, 6) is 0. The Morgan fingerprint density at radius 2 is 2.06 bits per heavy atom. The molecule has 1 saturated heterocycles. The van der Waals surface area contributed by atoms with Crippen molar-refractivity contribution in [1.29, 1.82) is 0 Å². The van der Waals surface area contributed by atoms with Crippen LogP contribution in [0.25, 0.3) is 0 Å². The average molecular weight is 247 g/mol. The van der Waals surface area contributed by atoms with Crippen molar-refractivity contribution in [3.8, 4) is 0 Å². The van der Waals surface area contributed by atoms with E-state index < -0.39 is 6.17 Å². The Bertz CT molecular complexity index is 410. The number of aryl methyl sites for hydroxylation is 2. The maximum absolute atomic E-state index is 14.3. The zero-order chi connectivity index (χ0) is 12.4. The molecule has 3 rings (SSSR count). The summed E-state index contributed by atoms with van der Waals surface area (Å²) in [6.07, 6.45) is 6.86. The minimum Gasteiger partial charge on any atom is -0.311 e. The molecular weight excluding hydrogens is 225 g/mol. The maximum atomic E-state index is 14.3. The lowest BCUT2D eigenvalue weighted by molar-refractivity contribution is 0.217. The quantitative estimate of drug-likeness (QED) is 0.865. The van der Waals surface area contributed by atoms with E-state index in [1.54, 1.807) is 0 Å². The van der Waals surface area contributed by atoms with Crippen LogP contribution < -0.4 is 5.32 Å². The van der Waals surface area contributed by atoms with Gasteiger partial charge in [-0.25, -0.2) is 4.39 Å². The average Bonchev–Trinajstić information content (AvgIpc) is 2.87. The Hall–Kier alpha value is -0.890. The molecule has 1 aliphatic heterocycles. The van der Waals surface area contributed by atoms with Crippen LogP contribution in [0.3, 0.4) is 0 Å². The molecule has 0 radical (unpaired) electrons. The normalized spacial score (nSPS) is 24.8. The fraction of sp³-hybridized carbons (Fsp3) is 0.625. The van der Waals surface area contributed by atoms with Gasteiger partial charge < -0.3 is 5.32 Å². The Kier molecular flexibility index (Phi) is 3.64. The van der Waals surface area contributed by atoms with Crippen LogP contribution in [-0.2, 0) is 19.3 Å². The fourth-order valence-electron chi connectivity index (χ4n) is 3.31. The van der Waals surface area contributed by atoms with Gasteiger partial charge in [0.1, 0.15) is 6.17 Å². The predicted octanol–water partition coefficient (Wildman–Crippen LogP) is 3.20. The molecular formula is C16H22FN. The van der Waals surface area contributed by atoms with Crippen molar-refractivity contribution in [2.24, 2.45) is 0 Å². The van der Waals surface area contributed by atoms with Crippen LogP contribution in [0.2, 0.25) is 0 Å². The summed E-state index contributed by atoms with van der Waals surface area (Å²) in [5.41, 5.74) is 4.11. The van der Waals surface area contributed by atoms with Crippen LogP contribution in [0.1, 0.15) is 42.4 Å². The number of rotatable bonds is 3. The second kappa shape index (κ2) is 5.40. The molecule has 2 heteroatoms. The van der Waals surface area contributed by atoms with Crippen molar-refractivity contribution >= 4 is 0 Å². The highest BCUT2D eigenvalue weighted by Gasteiger charge is 2.23. The van der Waals surface area contributed by atoms with Gasteiger partial charge in [0.25, 0.3) is 0 Å². The lowest BCUT2D eigenvalue weighted by Crippen LogP contribution is -2.42. The first kappa shape index (κ1) is 12.2.